The number of nitriles is 1. The summed E-state index contributed by atoms with van der Waals surface area (Å²) in [4.78, 5) is 15.7. The minimum Gasteiger partial charge on any atom is -0.497 e. The first kappa shape index (κ1) is 21.6. The Labute approximate surface area is 179 Å². The summed E-state index contributed by atoms with van der Waals surface area (Å²) in [6.07, 6.45) is 3.82. The molecule has 0 aliphatic carbocycles. The average molecular weight is 403 g/mol. The quantitative estimate of drug-likeness (QED) is 0.487. The molecule has 0 bridgehead atoms. The van der Waals surface area contributed by atoms with Crippen molar-refractivity contribution in [1.29, 1.82) is 5.26 Å². The molecule has 0 spiro atoms. The zero-order valence-electron chi connectivity index (χ0n) is 18.1. The SMILES string of the molecule is CCC1=C(c2ccccc2)N(Cc2cccc(OC)c2)C(=O)C1(C)CCCCC#N. The second-order valence-electron chi connectivity index (χ2n) is 7.99. The van der Waals surface area contributed by atoms with Crippen LogP contribution >= 0.6 is 0 Å². The van der Waals surface area contributed by atoms with Gasteiger partial charge in [-0.1, -0.05) is 55.8 Å². The summed E-state index contributed by atoms with van der Waals surface area (Å²) in [6, 6.07) is 20.3. The zero-order valence-corrected chi connectivity index (χ0v) is 18.1. The molecule has 1 aliphatic rings. The Hall–Kier alpha value is -3.06. The van der Waals surface area contributed by atoms with Crippen molar-refractivity contribution in [2.24, 2.45) is 5.41 Å². The van der Waals surface area contributed by atoms with Crippen molar-refractivity contribution in [3.8, 4) is 11.8 Å². The average Bonchev–Trinajstić information content (AvgIpc) is 2.99. The fourth-order valence-electron chi connectivity index (χ4n) is 4.48. The summed E-state index contributed by atoms with van der Waals surface area (Å²) in [7, 11) is 1.66. The Bertz CT molecular complexity index is 958. The Balaban J connectivity index is 2.02. The monoisotopic (exact) mass is 402 g/mol. The molecule has 0 saturated carbocycles. The van der Waals surface area contributed by atoms with E-state index < -0.39 is 5.41 Å². The predicted molar refractivity (Wildman–Crippen MR) is 119 cm³/mol. The number of nitrogens with zero attached hydrogens (tertiary/aromatic N) is 2. The maximum Gasteiger partial charge on any atom is 0.237 e. The number of benzene rings is 2. The molecule has 30 heavy (non-hydrogen) atoms. The maximum absolute atomic E-state index is 13.8. The summed E-state index contributed by atoms with van der Waals surface area (Å²) in [6.45, 7) is 4.72. The van der Waals surface area contributed by atoms with E-state index in [4.69, 9.17) is 10.00 Å². The van der Waals surface area contributed by atoms with E-state index in [1.54, 1.807) is 7.11 Å². The molecule has 3 rings (SSSR count). The van der Waals surface area contributed by atoms with Gasteiger partial charge in [-0.15, -0.1) is 0 Å². The first-order valence-electron chi connectivity index (χ1n) is 10.7. The molecule has 1 heterocycles. The highest BCUT2D eigenvalue weighted by Gasteiger charge is 2.47. The molecule has 0 fully saturated rings. The standard InChI is InChI=1S/C26H30N2O2/c1-4-23-24(21-13-7-5-8-14-21)28(19-20-12-11-15-22(18-20)30-3)25(29)26(23,2)16-9-6-10-17-27/h5,7-8,11-15,18H,4,6,9-10,16,19H2,1-3H3. The summed E-state index contributed by atoms with van der Waals surface area (Å²) in [5.74, 6) is 0.942. The fourth-order valence-corrected chi connectivity index (χ4v) is 4.48. The van der Waals surface area contributed by atoms with Gasteiger partial charge in [-0.25, -0.2) is 0 Å². The number of carbonyl (C=O) groups excluding carboxylic acids is 1. The van der Waals surface area contributed by atoms with Crippen LogP contribution < -0.4 is 4.74 Å². The van der Waals surface area contributed by atoms with E-state index in [0.29, 0.717) is 13.0 Å². The van der Waals surface area contributed by atoms with Crippen molar-refractivity contribution < 1.29 is 9.53 Å². The number of carbonyl (C=O) groups is 1. The summed E-state index contributed by atoms with van der Waals surface area (Å²) >= 11 is 0. The first-order valence-corrected chi connectivity index (χ1v) is 10.7. The van der Waals surface area contributed by atoms with Crippen LogP contribution in [0.1, 0.15) is 57.1 Å². The number of ether oxygens (including phenoxy) is 1. The second-order valence-corrected chi connectivity index (χ2v) is 7.99. The van der Waals surface area contributed by atoms with Gasteiger partial charge in [-0.05, 0) is 55.0 Å². The van der Waals surface area contributed by atoms with Crippen LogP contribution in [0.15, 0.2) is 60.2 Å². The van der Waals surface area contributed by atoms with Crippen LogP contribution in [0.2, 0.25) is 0 Å². The Morgan fingerprint density at radius 2 is 1.87 bits per heavy atom. The number of hydrogen-bond acceptors (Lipinski definition) is 3. The van der Waals surface area contributed by atoms with Gasteiger partial charge in [0, 0.05) is 6.42 Å². The normalized spacial score (nSPS) is 18.6. The van der Waals surface area contributed by atoms with Gasteiger partial charge >= 0.3 is 0 Å². The van der Waals surface area contributed by atoms with E-state index >= 15 is 0 Å². The van der Waals surface area contributed by atoms with E-state index in [-0.39, 0.29) is 5.91 Å². The highest BCUT2D eigenvalue weighted by atomic mass is 16.5. The lowest BCUT2D eigenvalue weighted by atomic mass is 9.76. The van der Waals surface area contributed by atoms with Crippen molar-refractivity contribution in [1.82, 2.24) is 4.90 Å². The third-order valence-corrected chi connectivity index (χ3v) is 6.03. The molecule has 1 aliphatic heterocycles. The van der Waals surface area contributed by atoms with E-state index in [1.165, 1.54) is 5.57 Å². The summed E-state index contributed by atoms with van der Waals surface area (Å²) in [5.41, 5.74) is 3.81. The lowest BCUT2D eigenvalue weighted by Crippen LogP contribution is -2.35. The van der Waals surface area contributed by atoms with Crippen LogP contribution in [-0.4, -0.2) is 17.9 Å². The van der Waals surface area contributed by atoms with Crippen LogP contribution in [0.5, 0.6) is 5.75 Å². The minimum atomic E-state index is -0.533. The van der Waals surface area contributed by atoms with E-state index in [2.05, 4.69) is 32.0 Å². The topological polar surface area (TPSA) is 53.3 Å². The molecular formula is C26H30N2O2. The van der Waals surface area contributed by atoms with Crippen molar-refractivity contribution in [2.75, 3.05) is 7.11 Å². The van der Waals surface area contributed by atoms with Gasteiger partial charge in [-0.3, -0.25) is 4.79 Å². The third kappa shape index (κ3) is 4.26. The van der Waals surface area contributed by atoms with Crippen LogP contribution in [0.3, 0.4) is 0 Å². The zero-order chi connectivity index (χ0) is 21.6. The number of rotatable bonds is 9. The fraction of sp³-hybridized carbons (Fsp3) is 0.385. The van der Waals surface area contributed by atoms with Gasteiger partial charge in [0.15, 0.2) is 0 Å². The lowest BCUT2D eigenvalue weighted by Gasteiger charge is -2.27. The molecule has 0 saturated heterocycles. The van der Waals surface area contributed by atoms with E-state index in [1.807, 2.05) is 47.4 Å². The van der Waals surface area contributed by atoms with Crippen LogP contribution in [0, 0.1) is 16.7 Å². The predicted octanol–water partition coefficient (Wildman–Crippen LogP) is 5.95. The Morgan fingerprint density at radius 1 is 1.10 bits per heavy atom. The molecule has 1 atom stereocenters. The summed E-state index contributed by atoms with van der Waals surface area (Å²) in [5, 5.41) is 8.87. The highest BCUT2D eigenvalue weighted by Crippen LogP contribution is 2.49. The van der Waals surface area contributed by atoms with Crippen molar-refractivity contribution in [3.05, 3.63) is 71.3 Å². The van der Waals surface area contributed by atoms with Crippen molar-refractivity contribution >= 4 is 11.6 Å². The number of hydrogen-bond donors (Lipinski definition) is 0. The number of methoxy groups -OCH3 is 1. The first-order chi connectivity index (χ1) is 14.5. The van der Waals surface area contributed by atoms with Gasteiger partial charge < -0.3 is 9.64 Å². The van der Waals surface area contributed by atoms with Gasteiger partial charge in [0.05, 0.1) is 30.8 Å². The van der Waals surface area contributed by atoms with Crippen LogP contribution in [0.25, 0.3) is 5.70 Å². The van der Waals surface area contributed by atoms with E-state index in [0.717, 1.165) is 48.3 Å². The van der Waals surface area contributed by atoms with Gasteiger partial charge in [0.2, 0.25) is 5.91 Å². The largest absolute Gasteiger partial charge is 0.497 e. The molecule has 1 unspecified atom stereocenters. The lowest BCUT2D eigenvalue weighted by molar-refractivity contribution is -0.134. The molecule has 0 aromatic heterocycles. The highest BCUT2D eigenvalue weighted by molar-refractivity contribution is 6.00. The van der Waals surface area contributed by atoms with E-state index in [9.17, 15) is 4.79 Å². The second kappa shape index (κ2) is 9.63. The number of unbranched alkanes of at least 4 members (excludes halogenated alkanes) is 2. The maximum atomic E-state index is 13.8. The molecule has 1 amide bonds. The summed E-state index contributed by atoms with van der Waals surface area (Å²) < 4.78 is 5.38. The third-order valence-electron chi connectivity index (χ3n) is 6.03. The molecule has 2 aromatic carbocycles. The minimum absolute atomic E-state index is 0.151. The van der Waals surface area contributed by atoms with Crippen molar-refractivity contribution in [3.63, 3.8) is 0 Å². The Morgan fingerprint density at radius 3 is 2.53 bits per heavy atom. The Kier molecular flexibility index (Phi) is 6.95. The molecule has 0 radical (unpaired) electrons. The van der Waals surface area contributed by atoms with Crippen molar-refractivity contribution in [2.45, 2.75) is 52.5 Å². The van der Waals surface area contributed by atoms with Gasteiger partial charge in [0.25, 0.3) is 0 Å². The smallest absolute Gasteiger partial charge is 0.237 e. The van der Waals surface area contributed by atoms with Crippen LogP contribution in [0.4, 0.5) is 0 Å². The molecule has 0 N–H and O–H groups in total. The molecule has 4 nitrogen and oxygen atoms in total. The van der Waals surface area contributed by atoms with Gasteiger partial charge in [-0.2, -0.15) is 5.26 Å². The molecule has 4 heteroatoms. The molecule has 2 aromatic rings. The number of amides is 1. The molecular weight excluding hydrogens is 372 g/mol. The van der Waals surface area contributed by atoms with Gasteiger partial charge in [0.1, 0.15) is 5.75 Å². The molecule has 156 valence electrons. The van der Waals surface area contributed by atoms with Crippen LogP contribution in [-0.2, 0) is 11.3 Å².